The van der Waals surface area contributed by atoms with Crippen molar-refractivity contribution in [2.45, 2.75) is 6.10 Å². The zero-order chi connectivity index (χ0) is 7.56. The molecule has 1 fully saturated rings. The van der Waals surface area contributed by atoms with E-state index in [1.807, 2.05) is 0 Å². The first-order valence-corrected chi connectivity index (χ1v) is 3.69. The van der Waals surface area contributed by atoms with Crippen LogP contribution in [0.1, 0.15) is 0 Å². The lowest BCUT2D eigenvalue weighted by molar-refractivity contribution is 0.0822. The minimum absolute atomic E-state index is 0.356. The van der Waals surface area contributed by atoms with Crippen LogP contribution in [0, 0.1) is 5.92 Å². The lowest BCUT2D eigenvalue weighted by Crippen LogP contribution is -2.27. The van der Waals surface area contributed by atoms with Crippen molar-refractivity contribution in [2.24, 2.45) is 11.7 Å². The van der Waals surface area contributed by atoms with Gasteiger partial charge in [0.05, 0.1) is 6.10 Å². The van der Waals surface area contributed by atoms with Crippen molar-refractivity contribution in [1.29, 1.82) is 0 Å². The van der Waals surface area contributed by atoms with E-state index in [1.54, 1.807) is 7.11 Å². The van der Waals surface area contributed by atoms with Crippen molar-refractivity contribution in [3.05, 3.63) is 0 Å². The molecule has 2 atom stereocenters. The third-order valence-electron chi connectivity index (χ3n) is 2.17. The molecular formula is C7H16N2O. The van der Waals surface area contributed by atoms with Gasteiger partial charge in [0.25, 0.3) is 0 Å². The maximum atomic E-state index is 5.56. The number of likely N-dealkylation sites (tertiary alicyclic amines) is 1. The summed E-state index contributed by atoms with van der Waals surface area (Å²) >= 11 is 0. The van der Waals surface area contributed by atoms with E-state index in [1.165, 1.54) is 0 Å². The zero-order valence-electron chi connectivity index (χ0n) is 6.71. The Balaban J connectivity index is 2.41. The number of ether oxygens (including phenoxy) is 1. The van der Waals surface area contributed by atoms with E-state index in [2.05, 4.69) is 11.9 Å². The van der Waals surface area contributed by atoms with E-state index in [4.69, 9.17) is 10.5 Å². The fourth-order valence-corrected chi connectivity index (χ4v) is 1.54. The number of hydrogen-bond acceptors (Lipinski definition) is 3. The zero-order valence-corrected chi connectivity index (χ0v) is 6.71. The second kappa shape index (κ2) is 3.32. The Labute approximate surface area is 62.1 Å². The van der Waals surface area contributed by atoms with Gasteiger partial charge >= 0.3 is 0 Å². The van der Waals surface area contributed by atoms with Gasteiger partial charge in [-0.3, -0.25) is 0 Å². The summed E-state index contributed by atoms with van der Waals surface area (Å²) < 4.78 is 5.26. The lowest BCUT2D eigenvalue weighted by atomic mass is 10.1. The van der Waals surface area contributed by atoms with Crippen molar-refractivity contribution in [3.8, 4) is 0 Å². The highest BCUT2D eigenvalue weighted by molar-refractivity contribution is 4.83. The molecule has 1 heterocycles. The quantitative estimate of drug-likeness (QED) is 0.569. The Kier molecular flexibility index (Phi) is 2.65. The molecule has 0 aromatic rings. The largest absolute Gasteiger partial charge is 0.380 e. The predicted octanol–water partition coefficient (Wildman–Crippen LogP) is -0.478. The summed E-state index contributed by atoms with van der Waals surface area (Å²) in [6.45, 7) is 2.84. The van der Waals surface area contributed by atoms with Gasteiger partial charge < -0.3 is 15.4 Å². The molecule has 0 bridgehead atoms. The fraction of sp³-hybridized carbons (Fsp3) is 1.00. The van der Waals surface area contributed by atoms with Gasteiger partial charge in [0, 0.05) is 26.1 Å². The molecule has 1 saturated heterocycles. The van der Waals surface area contributed by atoms with Crippen molar-refractivity contribution >= 4 is 0 Å². The van der Waals surface area contributed by atoms with Gasteiger partial charge in [-0.25, -0.2) is 0 Å². The molecule has 60 valence electrons. The van der Waals surface area contributed by atoms with Crippen LogP contribution < -0.4 is 5.73 Å². The Morgan fingerprint density at radius 1 is 1.60 bits per heavy atom. The Morgan fingerprint density at radius 3 is 2.70 bits per heavy atom. The molecule has 0 spiro atoms. The van der Waals surface area contributed by atoms with Gasteiger partial charge in [-0.15, -0.1) is 0 Å². The van der Waals surface area contributed by atoms with E-state index >= 15 is 0 Å². The average Bonchev–Trinajstić information content (AvgIpc) is 2.30. The van der Waals surface area contributed by atoms with Crippen molar-refractivity contribution in [3.63, 3.8) is 0 Å². The highest BCUT2D eigenvalue weighted by Crippen LogP contribution is 2.16. The van der Waals surface area contributed by atoms with Crippen LogP contribution in [-0.4, -0.2) is 44.8 Å². The van der Waals surface area contributed by atoms with Crippen LogP contribution in [-0.2, 0) is 4.74 Å². The summed E-state index contributed by atoms with van der Waals surface area (Å²) in [7, 11) is 3.86. The van der Waals surface area contributed by atoms with E-state index in [-0.39, 0.29) is 0 Å². The monoisotopic (exact) mass is 144 g/mol. The van der Waals surface area contributed by atoms with Crippen LogP contribution >= 0.6 is 0 Å². The van der Waals surface area contributed by atoms with Gasteiger partial charge in [-0.2, -0.15) is 0 Å². The molecule has 0 aliphatic carbocycles. The van der Waals surface area contributed by atoms with E-state index < -0.39 is 0 Å². The molecule has 0 amide bonds. The Bertz CT molecular complexity index is 95.8. The second-order valence-corrected chi connectivity index (χ2v) is 2.99. The molecule has 3 heteroatoms. The molecule has 2 unspecified atom stereocenters. The van der Waals surface area contributed by atoms with Gasteiger partial charge in [0.2, 0.25) is 0 Å². The number of likely N-dealkylation sites (N-methyl/N-ethyl adjacent to an activating group) is 1. The predicted molar refractivity (Wildman–Crippen MR) is 40.8 cm³/mol. The molecule has 1 rings (SSSR count). The van der Waals surface area contributed by atoms with Gasteiger partial charge in [0.1, 0.15) is 0 Å². The molecule has 1 aliphatic heterocycles. The number of rotatable bonds is 2. The van der Waals surface area contributed by atoms with Crippen LogP contribution in [0.3, 0.4) is 0 Å². The molecule has 0 aromatic heterocycles. The summed E-state index contributed by atoms with van der Waals surface area (Å²) in [6, 6.07) is 0. The van der Waals surface area contributed by atoms with Crippen LogP contribution in [0.4, 0.5) is 0 Å². The topological polar surface area (TPSA) is 38.5 Å². The van der Waals surface area contributed by atoms with Crippen molar-refractivity contribution < 1.29 is 4.74 Å². The standard InChI is InChI=1S/C7H16N2O/c1-9-4-6(3-8)7(5-9)10-2/h6-7H,3-5,8H2,1-2H3. The summed E-state index contributed by atoms with van der Waals surface area (Å²) in [5.41, 5.74) is 5.56. The fourth-order valence-electron chi connectivity index (χ4n) is 1.54. The summed E-state index contributed by atoms with van der Waals surface area (Å²) in [5.74, 6) is 0.537. The van der Waals surface area contributed by atoms with Crippen LogP contribution in [0.5, 0.6) is 0 Å². The van der Waals surface area contributed by atoms with Gasteiger partial charge in [0.15, 0.2) is 0 Å². The first-order chi connectivity index (χ1) is 4.77. The highest BCUT2D eigenvalue weighted by atomic mass is 16.5. The molecule has 3 nitrogen and oxygen atoms in total. The van der Waals surface area contributed by atoms with E-state index in [0.717, 1.165) is 19.6 Å². The molecular weight excluding hydrogens is 128 g/mol. The molecule has 0 saturated carbocycles. The van der Waals surface area contributed by atoms with Crippen molar-refractivity contribution in [1.82, 2.24) is 4.90 Å². The number of hydrogen-bond donors (Lipinski definition) is 1. The van der Waals surface area contributed by atoms with E-state index in [0.29, 0.717) is 12.0 Å². The van der Waals surface area contributed by atoms with Crippen LogP contribution in [0.15, 0.2) is 0 Å². The van der Waals surface area contributed by atoms with E-state index in [9.17, 15) is 0 Å². The summed E-state index contributed by atoms with van der Waals surface area (Å²) in [4.78, 5) is 2.26. The molecule has 10 heavy (non-hydrogen) atoms. The molecule has 1 aliphatic rings. The number of methoxy groups -OCH3 is 1. The SMILES string of the molecule is COC1CN(C)CC1CN. The summed E-state index contributed by atoms with van der Waals surface area (Å²) in [5, 5.41) is 0. The van der Waals surface area contributed by atoms with Crippen LogP contribution in [0.2, 0.25) is 0 Å². The van der Waals surface area contributed by atoms with Gasteiger partial charge in [-0.05, 0) is 13.6 Å². The normalized spacial score (nSPS) is 35.1. The first-order valence-electron chi connectivity index (χ1n) is 3.69. The number of nitrogens with two attached hydrogens (primary N) is 1. The third kappa shape index (κ3) is 1.48. The minimum atomic E-state index is 0.356. The second-order valence-electron chi connectivity index (χ2n) is 2.99. The number of nitrogens with zero attached hydrogens (tertiary/aromatic N) is 1. The molecule has 0 aromatic carbocycles. The lowest BCUT2D eigenvalue weighted by Gasteiger charge is -2.13. The van der Waals surface area contributed by atoms with Crippen molar-refractivity contribution in [2.75, 3.05) is 33.8 Å². The average molecular weight is 144 g/mol. The van der Waals surface area contributed by atoms with Crippen LogP contribution in [0.25, 0.3) is 0 Å². The summed E-state index contributed by atoms with van der Waals surface area (Å²) in [6.07, 6.45) is 0.356. The molecule has 2 N–H and O–H groups in total. The minimum Gasteiger partial charge on any atom is -0.380 e. The highest BCUT2D eigenvalue weighted by Gasteiger charge is 2.29. The maximum absolute atomic E-state index is 5.56. The first kappa shape index (κ1) is 7.98. The third-order valence-corrected chi connectivity index (χ3v) is 2.17. The van der Waals surface area contributed by atoms with Gasteiger partial charge in [-0.1, -0.05) is 0 Å². The smallest absolute Gasteiger partial charge is 0.0750 e. The Morgan fingerprint density at radius 2 is 2.30 bits per heavy atom. The molecule has 0 radical (unpaired) electrons. The maximum Gasteiger partial charge on any atom is 0.0750 e. The Hall–Kier alpha value is -0.120.